The summed E-state index contributed by atoms with van der Waals surface area (Å²) in [6.45, 7) is 5.41. The molecule has 4 nitrogen and oxygen atoms in total. The van der Waals surface area contributed by atoms with Gasteiger partial charge in [0.25, 0.3) is 0 Å². The molecule has 29 heavy (non-hydrogen) atoms. The first kappa shape index (κ1) is 20.8. The molecule has 5 heteroatoms. The molecule has 0 fully saturated rings. The summed E-state index contributed by atoms with van der Waals surface area (Å²) in [5, 5.41) is 0. The van der Waals surface area contributed by atoms with E-state index in [0.717, 1.165) is 10.6 Å². The van der Waals surface area contributed by atoms with E-state index in [-0.39, 0.29) is 10.9 Å². The lowest BCUT2D eigenvalue weighted by atomic mass is 10.2. The summed E-state index contributed by atoms with van der Waals surface area (Å²) < 4.78 is 15.8. The number of methoxy groups -OCH3 is 1. The molecule has 0 radical (unpaired) electrons. The highest BCUT2D eigenvalue weighted by Gasteiger charge is 2.28. The van der Waals surface area contributed by atoms with Gasteiger partial charge in [-0.2, -0.15) is 0 Å². The van der Waals surface area contributed by atoms with Gasteiger partial charge in [-0.3, -0.25) is 0 Å². The molecule has 150 valence electrons. The fourth-order valence-electron chi connectivity index (χ4n) is 2.69. The fraction of sp³-hybridized carbons (Fsp3) is 0.208. The van der Waals surface area contributed by atoms with Gasteiger partial charge in [-0.15, -0.1) is 0 Å². The summed E-state index contributed by atoms with van der Waals surface area (Å²) in [6, 6.07) is 26.0. The van der Waals surface area contributed by atoms with Gasteiger partial charge in [-0.25, -0.2) is 4.79 Å². The van der Waals surface area contributed by atoms with Crippen molar-refractivity contribution < 1.29 is 19.0 Å². The van der Waals surface area contributed by atoms with Crippen molar-refractivity contribution in [2.24, 2.45) is 0 Å². The summed E-state index contributed by atoms with van der Waals surface area (Å²) in [5.41, 5.74) is -0.592. The molecule has 0 aliphatic carbocycles. The van der Waals surface area contributed by atoms with Crippen LogP contribution in [0.4, 0.5) is 4.79 Å². The zero-order valence-electron chi connectivity index (χ0n) is 17.0. The molecule has 3 aromatic rings. The number of hydrogen-bond acceptors (Lipinski definition) is 4. The second kappa shape index (κ2) is 9.05. The summed E-state index contributed by atoms with van der Waals surface area (Å²) in [7, 11) is 1.37. The second-order valence-electron chi connectivity index (χ2n) is 7.33. The van der Waals surface area contributed by atoms with E-state index in [4.69, 9.17) is 14.2 Å². The normalized spacial score (nSPS) is 12.1. The Balaban J connectivity index is 1.87. The lowest BCUT2D eigenvalue weighted by molar-refractivity contribution is 0.0206. The zero-order valence-corrected chi connectivity index (χ0v) is 17.9. The molecule has 0 spiro atoms. The Morgan fingerprint density at radius 1 is 0.724 bits per heavy atom. The van der Waals surface area contributed by atoms with Crippen molar-refractivity contribution in [3.63, 3.8) is 0 Å². The molecule has 1 atom stereocenters. The molecule has 3 rings (SSSR count). The molecule has 3 aromatic carbocycles. The fourth-order valence-corrected chi connectivity index (χ4v) is 4.75. The maximum atomic E-state index is 11.9. The van der Waals surface area contributed by atoms with Crippen molar-refractivity contribution in [1.29, 1.82) is 0 Å². The van der Waals surface area contributed by atoms with Gasteiger partial charge in [0.1, 0.15) is 17.1 Å². The van der Waals surface area contributed by atoms with Crippen LogP contribution in [0.15, 0.2) is 93.5 Å². The van der Waals surface area contributed by atoms with Crippen LogP contribution < -0.4 is 9.47 Å². The molecular weight excluding hydrogens is 384 g/mol. The lowest BCUT2D eigenvalue weighted by Gasteiger charge is -2.18. The standard InChI is InChI=1S/C24H25O4S/c1-24(2,3)28-23(25)27-19-12-16-22(17-13-19)29(20-8-6-5-7-9-20)21-14-10-18(26-4)11-15-21/h5-17H,1-4H3/q+1. The van der Waals surface area contributed by atoms with Crippen LogP contribution >= 0.6 is 0 Å². The summed E-state index contributed by atoms with van der Waals surface area (Å²) >= 11 is 0. The van der Waals surface area contributed by atoms with Crippen LogP contribution in [-0.4, -0.2) is 18.9 Å². The predicted molar refractivity (Wildman–Crippen MR) is 115 cm³/mol. The first-order valence-corrected chi connectivity index (χ1v) is 10.5. The van der Waals surface area contributed by atoms with Gasteiger partial charge in [0.15, 0.2) is 14.7 Å². The Kier molecular flexibility index (Phi) is 6.49. The van der Waals surface area contributed by atoms with Crippen LogP contribution in [0.25, 0.3) is 0 Å². The Morgan fingerprint density at radius 3 is 1.69 bits per heavy atom. The Hall–Kier alpha value is -2.92. The number of carbonyl (C=O) groups excluding carboxylic acids is 1. The van der Waals surface area contributed by atoms with Crippen LogP contribution in [0, 0.1) is 0 Å². The van der Waals surface area contributed by atoms with E-state index >= 15 is 0 Å². The summed E-state index contributed by atoms with van der Waals surface area (Å²) in [6.07, 6.45) is -0.706. The third kappa shape index (κ3) is 5.78. The van der Waals surface area contributed by atoms with Crippen molar-refractivity contribution >= 4 is 17.1 Å². The SMILES string of the molecule is COc1ccc([S+](c2ccccc2)c2ccc(OC(=O)OC(C)(C)C)cc2)cc1. The molecule has 0 saturated heterocycles. The van der Waals surface area contributed by atoms with Gasteiger partial charge < -0.3 is 14.2 Å². The van der Waals surface area contributed by atoms with Crippen LogP contribution in [0.3, 0.4) is 0 Å². The van der Waals surface area contributed by atoms with Gasteiger partial charge in [0.2, 0.25) is 0 Å². The summed E-state index contributed by atoms with van der Waals surface area (Å²) in [5.74, 6) is 1.28. The van der Waals surface area contributed by atoms with Gasteiger partial charge in [0, 0.05) is 0 Å². The quantitative estimate of drug-likeness (QED) is 0.290. The highest BCUT2D eigenvalue weighted by atomic mass is 32.2. The smallest absolute Gasteiger partial charge is 0.497 e. The molecule has 0 aliphatic heterocycles. The first-order chi connectivity index (χ1) is 13.9. The number of carbonyl (C=O) groups is 1. The first-order valence-electron chi connectivity index (χ1n) is 9.30. The molecule has 0 N–H and O–H groups in total. The van der Waals surface area contributed by atoms with Crippen LogP contribution in [-0.2, 0) is 15.6 Å². The molecule has 0 heterocycles. The number of hydrogen-bond donors (Lipinski definition) is 0. The topological polar surface area (TPSA) is 44.8 Å². The minimum Gasteiger partial charge on any atom is -0.497 e. The summed E-state index contributed by atoms with van der Waals surface area (Å²) in [4.78, 5) is 15.4. The minimum atomic E-state index is -0.706. The Bertz CT molecular complexity index is 929. The van der Waals surface area contributed by atoms with Gasteiger partial charge in [-0.1, -0.05) is 18.2 Å². The number of ether oxygens (including phenoxy) is 3. The van der Waals surface area contributed by atoms with E-state index in [2.05, 4.69) is 24.3 Å². The molecular formula is C24H25O4S+. The van der Waals surface area contributed by atoms with Gasteiger partial charge in [-0.05, 0) is 81.4 Å². The molecule has 0 amide bonds. The largest absolute Gasteiger partial charge is 0.514 e. The average Bonchev–Trinajstić information content (AvgIpc) is 2.69. The van der Waals surface area contributed by atoms with E-state index in [9.17, 15) is 4.79 Å². The molecule has 0 aromatic heterocycles. The minimum absolute atomic E-state index is 0.289. The van der Waals surface area contributed by atoms with Crippen molar-refractivity contribution in [3.8, 4) is 11.5 Å². The Labute approximate surface area is 174 Å². The average molecular weight is 410 g/mol. The van der Waals surface area contributed by atoms with Crippen molar-refractivity contribution in [2.75, 3.05) is 7.11 Å². The second-order valence-corrected chi connectivity index (χ2v) is 9.36. The number of rotatable bonds is 5. The van der Waals surface area contributed by atoms with Crippen LogP contribution in [0.1, 0.15) is 20.8 Å². The van der Waals surface area contributed by atoms with Crippen LogP contribution in [0.5, 0.6) is 11.5 Å². The highest BCUT2D eigenvalue weighted by molar-refractivity contribution is 7.97. The zero-order chi connectivity index (χ0) is 20.9. The monoisotopic (exact) mass is 409 g/mol. The van der Waals surface area contributed by atoms with E-state index < -0.39 is 11.8 Å². The maximum absolute atomic E-state index is 11.9. The van der Waals surface area contributed by atoms with Gasteiger partial charge >= 0.3 is 6.16 Å². The number of benzene rings is 3. The lowest BCUT2D eigenvalue weighted by Crippen LogP contribution is -2.25. The van der Waals surface area contributed by atoms with Crippen LogP contribution in [0.2, 0.25) is 0 Å². The predicted octanol–water partition coefficient (Wildman–Crippen LogP) is 6.10. The third-order valence-corrected chi connectivity index (χ3v) is 6.15. The van der Waals surface area contributed by atoms with Crippen molar-refractivity contribution in [3.05, 3.63) is 78.9 Å². The van der Waals surface area contributed by atoms with E-state index in [1.54, 1.807) is 40.0 Å². The van der Waals surface area contributed by atoms with Crippen molar-refractivity contribution in [2.45, 2.75) is 41.1 Å². The van der Waals surface area contributed by atoms with Crippen molar-refractivity contribution in [1.82, 2.24) is 0 Å². The highest BCUT2D eigenvalue weighted by Crippen LogP contribution is 2.33. The maximum Gasteiger partial charge on any atom is 0.514 e. The van der Waals surface area contributed by atoms with Gasteiger partial charge in [0.05, 0.1) is 18.0 Å². The van der Waals surface area contributed by atoms with E-state index in [0.29, 0.717) is 5.75 Å². The van der Waals surface area contributed by atoms with E-state index in [1.165, 1.54) is 9.79 Å². The molecule has 0 bridgehead atoms. The third-order valence-electron chi connectivity index (χ3n) is 3.92. The molecule has 1 unspecified atom stereocenters. The Morgan fingerprint density at radius 2 is 1.21 bits per heavy atom. The van der Waals surface area contributed by atoms with E-state index in [1.807, 2.05) is 42.5 Å². The molecule has 0 aliphatic rings. The molecule has 0 saturated carbocycles.